The van der Waals surface area contributed by atoms with E-state index in [0.717, 1.165) is 44.3 Å². The Morgan fingerprint density at radius 2 is 1.00 bits per heavy atom. The number of furan rings is 1. The van der Waals surface area contributed by atoms with Gasteiger partial charge in [0.05, 0.1) is 16.7 Å². The lowest BCUT2D eigenvalue weighted by atomic mass is 9.98. The van der Waals surface area contributed by atoms with Crippen molar-refractivity contribution in [2.45, 2.75) is 0 Å². The first-order valence-corrected chi connectivity index (χ1v) is 17.5. The van der Waals surface area contributed by atoms with Gasteiger partial charge in [-0.25, -0.2) is 15.0 Å². The van der Waals surface area contributed by atoms with Crippen molar-refractivity contribution in [1.82, 2.24) is 19.5 Å². The standard InChI is InChI=1S/C47H26N4O/c1-3-10-29(11-4-1)45-48-46(30-12-5-2-6-13-30)50-47(49-45)31-21-20-27-14-7-17-35(34(27)26-31)51-36-18-8-15-32-33-16-9-19-38-42(33)44-39(52-38)25-23-28-22-24-37(51)43(40(28)44)41(32)36/h1-26H. The van der Waals surface area contributed by atoms with Gasteiger partial charge in [0.15, 0.2) is 17.5 Å². The fourth-order valence-electron chi connectivity index (χ4n) is 8.51. The molecule has 0 fully saturated rings. The minimum absolute atomic E-state index is 0.636. The van der Waals surface area contributed by atoms with Crippen LogP contribution in [0.25, 0.3) is 116 Å². The first kappa shape index (κ1) is 27.7. The molecule has 0 saturated carbocycles. The summed E-state index contributed by atoms with van der Waals surface area (Å²) in [5.74, 6) is 1.93. The maximum atomic E-state index is 6.47. The van der Waals surface area contributed by atoms with Crippen molar-refractivity contribution in [3.8, 4) is 51.0 Å². The summed E-state index contributed by atoms with van der Waals surface area (Å²) in [4.78, 5) is 15.0. The van der Waals surface area contributed by atoms with Gasteiger partial charge in [-0.2, -0.15) is 0 Å². The van der Waals surface area contributed by atoms with Crippen molar-refractivity contribution in [2.24, 2.45) is 0 Å². The lowest BCUT2D eigenvalue weighted by molar-refractivity contribution is 0.669. The van der Waals surface area contributed by atoms with Crippen LogP contribution in [0.1, 0.15) is 0 Å². The third-order valence-electron chi connectivity index (χ3n) is 10.7. The summed E-state index contributed by atoms with van der Waals surface area (Å²) >= 11 is 0. The molecule has 1 aliphatic rings. The van der Waals surface area contributed by atoms with E-state index in [1.54, 1.807) is 0 Å². The Morgan fingerprint density at radius 1 is 0.385 bits per heavy atom. The first-order chi connectivity index (χ1) is 25.8. The van der Waals surface area contributed by atoms with Gasteiger partial charge in [0.2, 0.25) is 0 Å². The molecule has 240 valence electrons. The summed E-state index contributed by atoms with van der Waals surface area (Å²) in [6, 6.07) is 55.4. The van der Waals surface area contributed by atoms with E-state index in [1.807, 2.05) is 60.7 Å². The summed E-state index contributed by atoms with van der Waals surface area (Å²) in [5, 5.41) is 9.65. The zero-order valence-corrected chi connectivity index (χ0v) is 27.7. The maximum absolute atomic E-state index is 6.47. The molecular formula is C47H26N4O. The quantitative estimate of drug-likeness (QED) is 0.188. The molecule has 0 radical (unpaired) electrons. The predicted octanol–water partition coefficient (Wildman–Crippen LogP) is 12.2. The molecule has 8 aromatic carbocycles. The van der Waals surface area contributed by atoms with Crippen LogP contribution >= 0.6 is 0 Å². The Bertz CT molecular complexity index is 3230. The van der Waals surface area contributed by atoms with E-state index in [2.05, 4.69) is 102 Å². The van der Waals surface area contributed by atoms with E-state index in [0.29, 0.717) is 17.5 Å². The fraction of sp³-hybridized carbons (Fsp3) is 0. The Balaban J connectivity index is 1.15. The highest BCUT2D eigenvalue weighted by Gasteiger charge is 2.26. The molecule has 1 aliphatic carbocycles. The maximum Gasteiger partial charge on any atom is 0.164 e. The molecule has 3 aromatic heterocycles. The summed E-state index contributed by atoms with van der Waals surface area (Å²) in [6.07, 6.45) is 0. The van der Waals surface area contributed by atoms with Gasteiger partial charge in [0.1, 0.15) is 11.2 Å². The lowest BCUT2D eigenvalue weighted by Gasteiger charge is -2.14. The molecule has 0 amide bonds. The Labute approximate surface area is 297 Å². The molecule has 12 rings (SSSR count). The molecule has 0 spiro atoms. The van der Waals surface area contributed by atoms with E-state index in [4.69, 9.17) is 19.4 Å². The highest BCUT2D eigenvalue weighted by molar-refractivity contribution is 6.37. The SMILES string of the molecule is c1ccc(-c2nc(-c3ccccc3)nc(-c3ccc4cccc(-n5c6cccc7c6c6c8c(ccc9oc%10cccc-7c%10c98)ccc65)c4c3)n2)cc1. The number of fused-ring (bicyclic) bond motifs is 2. The van der Waals surface area contributed by atoms with Gasteiger partial charge in [-0.1, -0.05) is 121 Å². The minimum atomic E-state index is 0.636. The van der Waals surface area contributed by atoms with Crippen LogP contribution in [0.2, 0.25) is 0 Å². The topological polar surface area (TPSA) is 56.7 Å². The average Bonchev–Trinajstić information content (AvgIpc) is 3.73. The van der Waals surface area contributed by atoms with E-state index in [1.165, 1.54) is 54.5 Å². The van der Waals surface area contributed by atoms with Crippen LogP contribution in [-0.4, -0.2) is 19.5 Å². The van der Waals surface area contributed by atoms with E-state index >= 15 is 0 Å². The van der Waals surface area contributed by atoms with Crippen LogP contribution in [0.4, 0.5) is 0 Å². The largest absolute Gasteiger partial charge is 0.456 e. The van der Waals surface area contributed by atoms with Gasteiger partial charge >= 0.3 is 0 Å². The third kappa shape index (κ3) is 3.74. The summed E-state index contributed by atoms with van der Waals surface area (Å²) in [5.41, 5.74) is 10.6. The molecule has 0 N–H and O–H groups in total. The number of benzene rings is 8. The van der Waals surface area contributed by atoms with E-state index in [9.17, 15) is 0 Å². The second-order valence-corrected chi connectivity index (χ2v) is 13.6. The van der Waals surface area contributed by atoms with Crippen molar-refractivity contribution < 1.29 is 4.42 Å². The highest BCUT2D eigenvalue weighted by atomic mass is 16.3. The van der Waals surface area contributed by atoms with Crippen molar-refractivity contribution in [2.75, 3.05) is 0 Å². The summed E-state index contributed by atoms with van der Waals surface area (Å²) < 4.78 is 8.92. The molecule has 0 atom stereocenters. The first-order valence-electron chi connectivity index (χ1n) is 17.5. The number of aromatic nitrogens is 4. The van der Waals surface area contributed by atoms with Crippen LogP contribution in [0, 0.1) is 0 Å². The fourth-order valence-corrected chi connectivity index (χ4v) is 8.51. The van der Waals surface area contributed by atoms with Crippen molar-refractivity contribution in [3.05, 3.63) is 158 Å². The third-order valence-corrected chi connectivity index (χ3v) is 10.7. The number of hydrogen-bond donors (Lipinski definition) is 0. The van der Waals surface area contributed by atoms with Gasteiger partial charge in [-0.3, -0.25) is 0 Å². The smallest absolute Gasteiger partial charge is 0.164 e. The van der Waals surface area contributed by atoms with Crippen molar-refractivity contribution in [1.29, 1.82) is 0 Å². The Kier molecular flexibility index (Phi) is 5.44. The van der Waals surface area contributed by atoms with Gasteiger partial charge in [0.25, 0.3) is 0 Å². The Morgan fingerprint density at radius 3 is 1.77 bits per heavy atom. The van der Waals surface area contributed by atoms with E-state index in [-0.39, 0.29) is 0 Å². The van der Waals surface area contributed by atoms with Gasteiger partial charge < -0.3 is 8.98 Å². The predicted molar refractivity (Wildman–Crippen MR) is 212 cm³/mol. The summed E-state index contributed by atoms with van der Waals surface area (Å²) in [6.45, 7) is 0. The molecule has 11 aromatic rings. The average molecular weight is 663 g/mol. The second kappa shape index (κ2) is 10.2. The van der Waals surface area contributed by atoms with Crippen LogP contribution in [0.15, 0.2) is 162 Å². The van der Waals surface area contributed by atoms with Gasteiger partial charge in [-0.15, -0.1) is 0 Å². The van der Waals surface area contributed by atoms with Crippen LogP contribution < -0.4 is 0 Å². The zero-order valence-electron chi connectivity index (χ0n) is 27.7. The molecular weight excluding hydrogens is 637 g/mol. The second-order valence-electron chi connectivity index (χ2n) is 13.6. The highest BCUT2D eigenvalue weighted by Crippen LogP contribution is 2.51. The monoisotopic (exact) mass is 662 g/mol. The van der Waals surface area contributed by atoms with Crippen molar-refractivity contribution in [3.63, 3.8) is 0 Å². The van der Waals surface area contributed by atoms with E-state index < -0.39 is 0 Å². The zero-order chi connectivity index (χ0) is 33.9. The number of rotatable bonds is 4. The van der Waals surface area contributed by atoms with Gasteiger partial charge in [0, 0.05) is 49.0 Å². The normalized spacial score (nSPS) is 12.2. The number of hydrogen-bond acceptors (Lipinski definition) is 4. The molecule has 0 unspecified atom stereocenters. The molecule has 0 aliphatic heterocycles. The van der Waals surface area contributed by atoms with Crippen LogP contribution in [0.5, 0.6) is 0 Å². The summed E-state index contributed by atoms with van der Waals surface area (Å²) in [7, 11) is 0. The van der Waals surface area contributed by atoms with Gasteiger partial charge in [-0.05, 0) is 58.3 Å². The molecule has 52 heavy (non-hydrogen) atoms. The molecule has 5 heteroatoms. The molecule has 5 nitrogen and oxygen atoms in total. The Hall–Kier alpha value is -7.11. The number of nitrogens with zero attached hydrogens (tertiary/aromatic N) is 4. The molecule has 0 saturated heterocycles. The van der Waals surface area contributed by atoms with Crippen LogP contribution in [-0.2, 0) is 0 Å². The van der Waals surface area contributed by atoms with Crippen molar-refractivity contribution >= 4 is 65.3 Å². The minimum Gasteiger partial charge on any atom is -0.456 e. The molecule has 3 heterocycles. The lowest BCUT2D eigenvalue weighted by Crippen LogP contribution is -2.00. The molecule has 0 bridgehead atoms. The van der Waals surface area contributed by atoms with Crippen LogP contribution in [0.3, 0.4) is 0 Å².